The van der Waals surface area contributed by atoms with Crippen molar-refractivity contribution in [2.75, 3.05) is 25.0 Å². The van der Waals surface area contributed by atoms with Gasteiger partial charge in [-0.2, -0.15) is 0 Å². The van der Waals surface area contributed by atoms with Crippen molar-refractivity contribution in [3.8, 4) is 0 Å². The van der Waals surface area contributed by atoms with Crippen LogP contribution in [0.3, 0.4) is 0 Å². The highest BCUT2D eigenvalue weighted by molar-refractivity contribution is 6.39. The number of nitrogens with one attached hydrogen (secondary N) is 3. The maximum absolute atomic E-state index is 12.7. The van der Waals surface area contributed by atoms with Gasteiger partial charge in [0.15, 0.2) is 0 Å². The van der Waals surface area contributed by atoms with Crippen molar-refractivity contribution < 1.29 is 19.2 Å². The number of carbonyl (C=O) groups is 4. The van der Waals surface area contributed by atoms with Gasteiger partial charge in [0.25, 0.3) is 5.91 Å². The molecule has 2 atom stereocenters. The highest BCUT2D eigenvalue weighted by Crippen LogP contribution is 2.23. The van der Waals surface area contributed by atoms with Crippen LogP contribution in [-0.4, -0.2) is 54.2 Å². The van der Waals surface area contributed by atoms with Crippen molar-refractivity contribution >= 4 is 29.3 Å². The molecule has 0 aliphatic carbocycles. The Morgan fingerprint density at radius 1 is 1.11 bits per heavy atom. The standard InChI is InChI=1S/C20H24N4O4/c25-17-13-3-1-5-15(23-17)11-24(10-13)20(28)19(27)22-14-7-6-12-4-2-8-21-18(26)16(12)9-14/h6-7,9,13,15H,1-5,8,10-11H2,(H,21,26)(H,22,27)(H,23,25). The van der Waals surface area contributed by atoms with Crippen LogP contribution in [0, 0.1) is 5.92 Å². The lowest BCUT2D eigenvalue weighted by atomic mass is 9.99. The van der Waals surface area contributed by atoms with Crippen LogP contribution in [0.5, 0.6) is 0 Å². The molecule has 28 heavy (non-hydrogen) atoms. The van der Waals surface area contributed by atoms with E-state index < -0.39 is 11.8 Å². The lowest BCUT2D eigenvalue weighted by Crippen LogP contribution is -2.46. The summed E-state index contributed by atoms with van der Waals surface area (Å²) in [7, 11) is 0. The van der Waals surface area contributed by atoms with Gasteiger partial charge in [-0.05, 0) is 43.4 Å². The predicted molar refractivity (Wildman–Crippen MR) is 102 cm³/mol. The Hall–Kier alpha value is -2.90. The van der Waals surface area contributed by atoms with Crippen LogP contribution in [0.1, 0.15) is 41.6 Å². The van der Waals surface area contributed by atoms with E-state index in [1.165, 1.54) is 4.90 Å². The highest BCUT2D eigenvalue weighted by Gasteiger charge is 2.36. The second kappa shape index (κ2) is 7.61. The molecular formula is C20H24N4O4. The van der Waals surface area contributed by atoms with Gasteiger partial charge in [-0.25, -0.2) is 0 Å². The third kappa shape index (κ3) is 3.72. The van der Waals surface area contributed by atoms with E-state index in [9.17, 15) is 19.2 Å². The second-order valence-electron chi connectivity index (χ2n) is 7.73. The number of rotatable bonds is 1. The first kappa shape index (κ1) is 18.5. The van der Waals surface area contributed by atoms with Crippen LogP contribution in [0.2, 0.25) is 0 Å². The molecule has 3 aliphatic rings. The van der Waals surface area contributed by atoms with Crippen molar-refractivity contribution in [2.24, 2.45) is 5.92 Å². The molecule has 3 N–H and O–H groups in total. The first-order chi connectivity index (χ1) is 13.5. The molecule has 0 spiro atoms. The minimum atomic E-state index is -0.749. The fourth-order valence-corrected chi connectivity index (χ4v) is 4.20. The van der Waals surface area contributed by atoms with Crippen LogP contribution >= 0.6 is 0 Å². The largest absolute Gasteiger partial charge is 0.352 e. The van der Waals surface area contributed by atoms with Crippen molar-refractivity contribution in [3.63, 3.8) is 0 Å². The fraction of sp³-hybridized carbons (Fsp3) is 0.500. The Morgan fingerprint density at radius 3 is 2.82 bits per heavy atom. The van der Waals surface area contributed by atoms with Gasteiger partial charge in [-0.1, -0.05) is 12.5 Å². The van der Waals surface area contributed by atoms with Crippen molar-refractivity contribution in [1.29, 1.82) is 0 Å². The molecule has 2 saturated heterocycles. The zero-order valence-electron chi connectivity index (χ0n) is 15.6. The number of aryl methyl sites for hydroxylation is 1. The summed E-state index contributed by atoms with van der Waals surface area (Å²) in [6, 6.07) is 5.04. The molecule has 1 aromatic rings. The van der Waals surface area contributed by atoms with Crippen LogP contribution in [-0.2, 0) is 20.8 Å². The minimum absolute atomic E-state index is 0.0324. The molecule has 8 nitrogen and oxygen atoms in total. The Labute approximate surface area is 163 Å². The molecule has 0 aromatic heterocycles. The Morgan fingerprint density at radius 2 is 1.96 bits per heavy atom. The predicted octanol–water partition coefficient (Wildman–Crippen LogP) is 0.428. The van der Waals surface area contributed by atoms with Crippen molar-refractivity contribution in [1.82, 2.24) is 15.5 Å². The van der Waals surface area contributed by atoms with E-state index in [2.05, 4.69) is 16.0 Å². The van der Waals surface area contributed by atoms with Gasteiger partial charge in [0.1, 0.15) is 0 Å². The Balaban J connectivity index is 1.47. The van der Waals surface area contributed by atoms with Gasteiger partial charge in [-0.15, -0.1) is 0 Å². The van der Waals surface area contributed by atoms with E-state index >= 15 is 0 Å². The molecule has 2 fully saturated rings. The number of amides is 4. The third-order valence-electron chi connectivity index (χ3n) is 5.71. The van der Waals surface area contributed by atoms with Gasteiger partial charge < -0.3 is 20.9 Å². The fourth-order valence-electron chi connectivity index (χ4n) is 4.20. The summed E-state index contributed by atoms with van der Waals surface area (Å²) in [5.41, 5.74) is 1.88. The first-order valence-corrected chi connectivity index (χ1v) is 9.83. The normalized spacial score (nSPS) is 24.2. The summed E-state index contributed by atoms with van der Waals surface area (Å²) in [6.45, 7) is 1.24. The van der Waals surface area contributed by atoms with E-state index in [4.69, 9.17) is 0 Å². The summed E-state index contributed by atoms with van der Waals surface area (Å²) in [6.07, 6.45) is 4.15. The van der Waals surface area contributed by atoms with Crippen molar-refractivity contribution in [3.05, 3.63) is 29.3 Å². The van der Waals surface area contributed by atoms with Crippen LogP contribution in [0.25, 0.3) is 0 Å². The SMILES string of the molecule is O=C(Nc1ccc2c(c1)C(=O)NCCC2)C(=O)N1CC2CCCC(C1)C(=O)N2. The summed E-state index contributed by atoms with van der Waals surface area (Å²) in [5.74, 6) is -1.86. The molecule has 0 radical (unpaired) electrons. The number of hydrogen-bond donors (Lipinski definition) is 3. The van der Waals surface area contributed by atoms with Crippen molar-refractivity contribution in [2.45, 2.75) is 38.1 Å². The lowest BCUT2D eigenvalue weighted by Gasteiger charge is -2.27. The van der Waals surface area contributed by atoms with Crippen LogP contribution in [0.4, 0.5) is 5.69 Å². The van der Waals surface area contributed by atoms with Gasteiger partial charge >= 0.3 is 11.8 Å². The summed E-state index contributed by atoms with van der Waals surface area (Å²) in [5, 5.41) is 8.39. The smallest absolute Gasteiger partial charge is 0.313 e. The molecule has 148 valence electrons. The van der Waals surface area contributed by atoms with E-state index in [1.54, 1.807) is 12.1 Å². The van der Waals surface area contributed by atoms with E-state index in [-0.39, 0.29) is 30.3 Å². The monoisotopic (exact) mass is 384 g/mol. The summed E-state index contributed by atoms with van der Waals surface area (Å²) < 4.78 is 0. The van der Waals surface area contributed by atoms with E-state index in [0.717, 1.165) is 37.7 Å². The summed E-state index contributed by atoms with van der Waals surface area (Å²) >= 11 is 0. The number of anilines is 1. The number of benzene rings is 1. The van der Waals surface area contributed by atoms with E-state index in [0.29, 0.717) is 24.3 Å². The minimum Gasteiger partial charge on any atom is -0.352 e. The van der Waals surface area contributed by atoms with Crippen LogP contribution in [0.15, 0.2) is 18.2 Å². The molecule has 4 amide bonds. The van der Waals surface area contributed by atoms with Gasteiger partial charge in [-0.3, -0.25) is 19.2 Å². The molecule has 3 aliphatic heterocycles. The number of carbonyl (C=O) groups excluding carboxylic acids is 4. The number of likely N-dealkylation sites (tertiary alicyclic amines) is 1. The molecule has 3 heterocycles. The molecule has 2 unspecified atom stereocenters. The average Bonchev–Trinajstić information content (AvgIpc) is 3.02. The number of hydrogen-bond acceptors (Lipinski definition) is 4. The zero-order chi connectivity index (χ0) is 19.7. The molecule has 1 aromatic carbocycles. The van der Waals surface area contributed by atoms with E-state index in [1.807, 2.05) is 6.07 Å². The number of fused-ring (bicyclic) bond motifs is 4. The Bertz CT molecular complexity index is 837. The lowest BCUT2D eigenvalue weighted by molar-refractivity contribution is -0.143. The second-order valence-corrected chi connectivity index (χ2v) is 7.73. The molecule has 8 heteroatoms. The third-order valence-corrected chi connectivity index (χ3v) is 5.71. The van der Waals surface area contributed by atoms with Gasteiger partial charge in [0, 0.05) is 36.9 Å². The van der Waals surface area contributed by atoms with Gasteiger partial charge in [0.05, 0.1) is 5.92 Å². The average molecular weight is 384 g/mol. The molecular weight excluding hydrogens is 360 g/mol. The maximum Gasteiger partial charge on any atom is 0.313 e. The van der Waals surface area contributed by atoms with Gasteiger partial charge in [0.2, 0.25) is 5.91 Å². The topological polar surface area (TPSA) is 108 Å². The summed E-state index contributed by atoms with van der Waals surface area (Å²) in [4.78, 5) is 51.0. The molecule has 0 saturated carbocycles. The highest BCUT2D eigenvalue weighted by atomic mass is 16.2. The quantitative estimate of drug-likeness (QED) is 0.610. The first-order valence-electron chi connectivity index (χ1n) is 9.83. The number of nitrogens with zero attached hydrogens (tertiary/aromatic N) is 1. The zero-order valence-corrected chi connectivity index (χ0v) is 15.6. The van der Waals surface area contributed by atoms with Crippen LogP contribution < -0.4 is 16.0 Å². The molecule has 4 rings (SSSR count). The maximum atomic E-state index is 12.7. The Kier molecular flexibility index (Phi) is 5.02. The molecule has 2 bridgehead atoms.